The number of nitrogens with two attached hydrogens (primary N) is 2. The number of allylic oxidation sites excluding steroid dienone is 6. The zero-order valence-electron chi connectivity index (χ0n) is 23.5. The van der Waals surface area contributed by atoms with E-state index in [1.165, 1.54) is 0 Å². The first-order valence-electron chi connectivity index (χ1n) is 14.3. The molecule has 1 aliphatic rings. The standard InChI is InChI=1S/C39H30N2O2/c40-34(26-12-2-1-3-13-26)25-35(41)29-15-6-9-19-36-30(31-17-7-10-20-37(31)42-36)16-5-4-14-28(29)27-22-23-39-33(24-27)32-18-8-11-21-38(32)43-39/h1-25,35H,40-41H2/b5-4?,9-6?,14-4?,15-6?,16-5?,19-9?,28-14?,29-15?,29-28?,30-16?,34-25-,36-19?. The lowest BCUT2D eigenvalue weighted by molar-refractivity contribution is 0.603. The van der Waals surface area contributed by atoms with Crippen molar-refractivity contribution in [3.8, 4) is 0 Å². The second-order valence-electron chi connectivity index (χ2n) is 10.5. The Morgan fingerprint density at radius 1 is 0.605 bits per heavy atom. The summed E-state index contributed by atoms with van der Waals surface area (Å²) in [5.74, 6) is 0.802. The van der Waals surface area contributed by atoms with Crippen LogP contribution in [0.15, 0.2) is 154 Å². The van der Waals surface area contributed by atoms with Gasteiger partial charge in [-0.1, -0.05) is 115 Å². The highest BCUT2D eigenvalue weighted by Gasteiger charge is 2.15. The van der Waals surface area contributed by atoms with E-state index in [9.17, 15) is 0 Å². The fourth-order valence-electron chi connectivity index (χ4n) is 5.63. The summed E-state index contributed by atoms with van der Waals surface area (Å²) in [7, 11) is 0. The van der Waals surface area contributed by atoms with Crippen LogP contribution in [0.4, 0.5) is 0 Å². The Bertz CT molecular complexity index is 2150. The monoisotopic (exact) mass is 558 g/mol. The zero-order valence-corrected chi connectivity index (χ0v) is 23.5. The van der Waals surface area contributed by atoms with E-state index in [0.717, 1.165) is 66.5 Å². The van der Waals surface area contributed by atoms with Crippen LogP contribution in [0.5, 0.6) is 0 Å². The Morgan fingerprint density at radius 2 is 1.26 bits per heavy atom. The maximum atomic E-state index is 6.93. The Morgan fingerprint density at radius 3 is 2.09 bits per heavy atom. The molecule has 1 atom stereocenters. The summed E-state index contributed by atoms with van der Waals surface area (Å²) in [6.45, 7) is 0. The lowest BCUT2D eigenvalue weighted by atomic mass is 9.92. The number of para-hydroxylation sites is 2. The molecule has 0 saturated heterocycles. The van der Waals surface area contributed by atoms with Crippen molar-refractivity contribution in [1.29, 1.82) is 0 Å². The van der Waals surface area contributed by atoms with Crippen LogP contribution in [0.2, 0.25) is 0 Å². The Kier molecular flexibility index (Phi) is 6.96. The van der Waals surface area contributed by atoms with Crippen molar-refractivity contribution in [2.75, 3.05) is 0 Å². The van der Waals surface area contributed by atoms with E-state index >= 15 is 0 Å². The van der Waals surface area contributed by atoms with Crippen LogP contribution in [0, 0.1) is 0 Å². The SMILES string of the molecule is N/C(=C\C(N)C1=C(c2ccc3oc4ccccc4c3c2)C=CC=Cc2c(oc3ccccc23)C=CC=C1)c1ccccc1. The van der Waals surface area contributed by atoms with Crippen molar-refractivity contribution in [1.82, 2.24) is 0 Å². The van der Waals surface area contributed by atoms with Crippen molar-refractivity contribution in [2.24, 2.45) is 11.5 Å². The minimum absolute atomic E-state index is 0.477. The second-order valence-corrected chi connectivity index (χ2v) is 10.5. The maximum absolute atomic E-state index is 6.93. The summed E-state index contributed by atoms with van der Waals surface area (Å²) in [5, 5.41) is 3.21. The maximum Gasteiger partial charge on any atom is 0.135 e. The van der Waals surface area contributed by atoms with Crippen molar-refractivity contribution in [3.63, 3.8) is 0 Å². The first-order chi connectivity index (χ1) is 21.2. The van der Waals surface area contributed by atoms with Crippen molar-refractivity contribution in [3.05, 3.63) is 168 Å². The quantitative estimate of drug-likeness (QED) is 0.226. The third kappa shape index (κ3) is 5.16. The van der Waals surface area contributed by atoms with Gasteiger partial charge in [0.25, 0.3) is 0 Å². The molecule has 0 bridgehead atoms. The van der Waals surface area contributed by atoms with Crippen LogP contribution in [-0.2, 0) is 0 Å². The lowest BCUT2D eigenvalue weighted by Crippen LogP contribution is -2.22. The molecular weight excluding hydrogens is 528 g/mol. The third-order valence-electron chi connectivity index (χ3n) is 7.76. The third-order valence-corrected chi connectivity index (χ3v) is 7.76. The molecule has 6 aromatic rings. The molecule has 0 fully saturated rings. The predicted octanol–water partition coefficient (Wildman–Crippen LogP) is 9.27. The van der Waals surface area contributed by atoms with Gasteiger partial charge in [-0.15, -0.1) is 0 Å². The average molecular weight is 559 g/mol. The van der Waals surface area contributed by atoms with Gasteiger partial charge in [-0.05, 0) is 58.7 Å². The van der Waals surface area contributed by atoms with Crippen LogP contribution >= 0.6 is 0 Å². The highest BCUT2D eigenvalue weighted by atomic mass is 16.3. The van der Waals surface area contributed by atoms with Gasteiger partial charge < -0.3 is 20.3 Å². The van der Waals surface area contributed by atoms with E-state index in [0.29, 0.717) is 5.70 Å². The van der Waals surface area contributed by atoms with E-state index < -0.39 is 6.04 Å². The van der Waals surface area contributed by atoms with E-state index in [1.54, 1.807) is 0 Å². The molecule has 4 heteroatoms. The summed E-state index contributed by atoms with van der Waals surface area (Å²) in [5.41, 5.74) is 21.6. The van der Waals surface area contributed by atoms with E-state index in [4.69, 9.17) is 20.3 Å². The normalized spacial score (nSPS) is 14.8. The molecule has 0 saturated carbocycles. The van der Waals surface area contributed by atoms with E-state index in [2.05, 4.69) is 48.6 Å². The fourth-order valence-corrected chi connectivity index (χ4v) is 5.63. The second kappa shape index (κ2) is 11.4. The molecular formula is C39H30N2O2. The molecule has 208 valence electrons. The van der Waals surface area contributed by atoms with Crippen LogP contribution in [0.25, 0.3) is 56.3 Å². The first-order valence-corrected chi connectivity index (χ1v) is 14.3. The molecule has 0 spiro atoms. The Balaban J connectivity index is 1.40. The molecule has 0 amide bonds. The van der Waals surface area contributed by atoms with Crippen molar-refractivity contribution < 1.29 is 8.83 Å². The van der Waals surface area contributed by atoms with E-state index in [-0.39, 0.29) is 0 Å². The van der Waals surface area contributed by atoms with Crippen LogP contribution in [-0.4, -0.2) is 6.04 Å². The summed E-state index contributed by atoms with van der Waals surface area (Å²) in [4.78, 5) is 0. The van der Waals surface area contributed by atoms with Gasteiger partial charge in [0.1, 0.15) is 22.5 Å². The molecule has 0 aliphatic heterocycles. The number of fused-ring (bicyclic) bond motifs is 6. The lowest BCUT2D eigenvalue weighted by Gasteiger charge is -2.16. The first kappa shape index (κ1) is 26.3. The van der Waals surface area contributed by atoms with Crippen molar-refractivity contribution in [2.45, 2.75) is 6.04 Å². The van der Waals surface area contributed by atoms with Crippen LogP contribution < -0.4 is 11.5 Å². The van der Waals surface area contributed by atoms with Gasteiger partial charge in [0.2, 0.25) is 0 Å². The molecule has 0 radical (unpaired) electrons. The number of furan rings is 2. The van der Waals surface area contributed by atoms with Crippen LogP contribution in [0.3, 0.4) is 0 Å². The zero-order chi connectivity index (χ0) is 29.2. The van der Waals surface area contributed by atoms with Gasteiger partial charge in [-0.25, -0.2) is 0 Å². The largest absolute Gasteiger partial charge is 0.456 e. The Labute approximate surface area is 249 Å². The number of rotatable bonds is 4. The topological polar surface area (TPSA) is 78.3 Å². The predicted molar refractivity (Wildman–Crippen MR) is 180 cm³/mol. The molecule has 2 heterocycles. The summed E-state index contributed by atoms with van der Waals surface area (Å²) < 4.78 is 12.3. The van der Waals surface area contributed by atoms with Gasteiger partial charge in [-0.3, -0.25) is 0 Å². The summed E-state index contributed by atoms with van der Waals surface area (Å²) in [6.07, 6.45) is 18.2. The van der Waals surface area contributed by atoms with E-state index in [1.807, 2.05) is 103 Å². The highest BCUT2D eigenvalue weighted by molar-refractivity contribution is 6.06. The van der Waals surface area contributed by atoms with Gasteiger partial charge in [0, 0.05) is 27.4 Å². The Hall–Kier alpha value is -5.58. The molecule has 4 aromatic carbocycles. The highest BCUT2D eigenvalue weighted by Crippen LogP contribution is 2.34. The molecule has 7 rings (SSSR count). The number of hydrogen-bond donors (Lipinski definition) is 2. The fraction of sp³-hybridized carbons (Fsp3) is 0.0256. The molecule has 2 aromatic heterocycles. The summed E-state index contributed by atoms with van der Waals surface area (Å²) >= 11 is 0. The van der Waals surface area contributed by atoms with Gasteiger partial charge in [0.05, 0.1) is 6.04 Å². The molecule has 1 aliphatic carbocycles. The number of benzene rings is 4. The molecule has 4 nitrogen and oxygen atoms in total. The molecule has 1 unspecified atom stereocenters. The number of hydrogen-bond acceptors (Lipinski definition) is 4. The minimum Gasteiger partial charge on any atom is -0.456 e. The average Bonchev–Trinajstić information content (AvgIpc) is 3.58. The van der Waals surface area contributed by atoms with Gasteiger partial charge in [-0.2, -0.15) is 0 Å². The molecule has 43 heavy (non-hydrogen) atoms. The minimum atomic E-state index is -0.477. The molecule has 4 N–H and O–H groups in total. The van der Waals surface area contributed by atoms with Gasteiger partial charge in [0.15, 0.2) is 0 Å². The summed E-state index contributed by atoms with van der Waals surface area (Å²) in [6, 6.07) is 31.9. The van der Waals surface area contributed by atoms with Crippen molar-refractivity contribution >= 4 is 56.3 Å². The van der Waals surface area contributed by atoms with Gasteiger partial charge >= 0.3 is 0 Å². The van der Waals surface area contributed by atoms with Crippen LogP contribution in [0.1, 0.15) is 22.5 Å². The smallest absolute Gasteiger partial charge is 0.135 e.